The van der Waals surface area contributed by atoms with Crippen LogP contribution in [0.2, 0.25) is 0 Å². The number of anilines is 1. The summed E-state index contributed by atoms with van der Waals surface area (Å²) < 4.78 is 0. The average Bonchev–Trinajstić information content (AvgIpc) is 2.32. The van der Waals surface area contributed by atoms with Crippen molar-refractivity contribution in [3.8, 4) is 0 Å². The van der Waals surface area contributed by atoms with Crippen molar-refractivity contribution in [2.45, 2.75) is 26.3 Å². The van der Waals surface area contributed by atoms with E-state index in [1.54, 1.807) is 0 Å². The van der Waals surface area contributed by atoms with E-state index >= 15 is 0 Å². The molecule has 1 fully saturated rings. The fourth-order valence-corrected chi connectivity index (χ4v) is 2.73. The molecule has 1 aromatic carbocycles. The normalized spacial score (nSPS) is 19.5. The summed E-state index contributed by atoms with van der Waals surface area (Å²) in [6.07, 6.45) is 0. The molecule has 1 aromatic rings. The molecule has 0 unspecified atom stereocenters. The third kappa shape index (κ3) is 2.59. The summed E-state index contributed by atoms with van der Waals surface area (Å²) in [7, 11) is 2.17. The van der Waals surface area contributed by atoms with Crippen LogP contribution in [0.4, 0.5) is 5.69 Å². The Morgan fingerprint density at radius 2 is 2.00 bits per heavy atom. The van der Waals surface area contributed by atoms with Crippen LogP contribution in [0.25, 0.3) is 0 Å². The zero-order valence-corrected chi connectivity index (χ0v) is 12.3. The Hall–Kier alpha value is -1.55. The second-order valence-electron chi connectivity index (χ2n) is 6.04. The maximum Gasteiger partial charge on any atom is 0.124 e. The van der Waals surface area contributed by atoms with Gasteiger partial charge in [0.25, 0.3) is 0 Å². The molecule has 104 valence electrons. The van der Waals surface area contributed by atoms with E-state index in [0.29, 0.717) is 0 Å². The van der Waals surface area contributed by atoms with E-state index in [-0.39, 0.29) is 11.4 Å². The van der Waals surface area contributed by atoms with Gasteiger partial charge in [0, 0.05) is 30.7 Å². The number of aryl methyl sites for hydroxylation is 1. The molecule has 0 bridgehead atoms. The van der Waals surface area contributed by atoms with E-state index in [9.17, 15) is 0 Å². The number of amidine groups is 1. The number of rotatable bonds is 2. The molecular formula is C15H24N4. The predicted octanol–water partition coefficient (Wildman–Crippen LogP) is 1.81. The van der Waals surface area contributed by atoms with Crippen LogP contribution in [-0.2, 0) is 0 Å². The quantitative estimate of drug-likeness (QED) is 0.630. The van der Waals surface area contributed by atoms with Crippen molar-refractivity contribution in [3.63, 3.8) is 0 Å². The van der Waals surface area contributed by atoms with Crippen LogP contribution in [0, 0.1) is 12.3 Å². The third-order valence-electron chi connectivity index (χ3n) is 4.16. The van der Waals surface area contributed by atoms with Gasteiger partial charge in [0.05, 0.1) is 5.69 Å². The van der Waals surface area contributed by atoms with E-state index in [0.717, 1.165) is 30.9 Å². The lowest BCUT2D eigenvalue weighted by Crippen LogP contribution is -2.58. The van der Waals surface area contributed by atoms with E-state index in [2.05, 4.69) is 43.7 Å². The molecule has 2 rings (SSSR count). The Balaban J connectivity index is 2.40. The van der Waals surface area contributed by atoms with Gasteiger partial charge in [-0.1, -0.05) is 12.1 Å². The van der Waals surface area contributed by atoms with E-state index in [4.69, 9.17) is 11.1 Å². The zero-order chi connectivity index (χ0) is 14.2. The SMILES string of the molecule is Cc1cccc(C(=N)N)c1N1CCN(C)C(C)(C)C1. The van der Waals surface area contributed by atoms with Crippen molar-refractivity contribution in [2.75, 3.05) is 31.6 Å². The van der Waals surface area contributed by atoms with Gasteiger partial charge in [0.15, 0.2) is 0 Å². The highest BCUT2D eigenvalue weighted by molar-refractivity contribution is 6.01. The Morgan fingerprint density at radius 3 is 2.58 bits per heavy atom. The Morgan fingerprint density at radius 1 is 1.32 bits per heavy atom. The number of piperazine rings is 1. The highest BCUT2D eigenvalue weighted by Gasteiger charge is 2.32. The van der Waals surface area contributed by atoms with Crippen molar-refractivity contribution < 1.29 is 0 Å². The lowest BCUT2D eigenvalue weighted by molar-refractivity contribution is 0.139. The molecule has 0 aromatic heterocycles. The number of hydrogen-bond donors (Lipinski definition) is 2. The van der Waals surface area contributed by atoms with Gasteiger partial charge in [-0.3, -0.25) is 10.3 Å². The van der Waals surface area contributed by atoms with Gasteiger partial charge in [-0.2, -0.15) is 0 Å². The summed E-state index contributed by atoms with van der Waals surface area (Å²) in [6, 6.07) is 6.00. The van der Waals surface area contributed by atoms with E-state index < -0.39 is 0 Å². The minimum absolute atomic E-state index is 0.134. The molecular weight excluding hydrogens is 236 g/mol. The second kappa shape index (κ2) is 4.85. The van der Waals surface area contributed by atoms with Crippen LogP contribution < -0.4 is 10.6 Å². The maximum atomic E-state index is 7.77. The molecule has 3 N–H and O–H groups in total. The molecule has 4 heteroatoms. The molecule has 0 radical (unpaired) electrons. The molecule has 0 spiro atoms. The first-order chi connectivity index (χ1) is 8.83. The third-order valence-corrected chi connectivity index (χ3v) is 4.16. The van der Waals surface area contributed by atoms with Crippen LogP contribution >= 0.6 is 0 Å². The monoisotopic (exact) mass is 260 g/mol. The van der Waals surface area contributed by atoms with Gasteiger partial charge in [-0.05, 0) is 39.4 Å². The minimum Gasteiger partial charge on any atom is -0.384 e. The number of nitrogens with two attached hydrogens (primary N) is 1. The molecule has 0 amide bonds. The molecule has 1 saturated heterocycles. The predicted molar refractivity (Wildman–Crippen MR) is 81.1 cm³/mol. The summed E-state index contributed by atoms with van der Waals surface area (Å²) in [5.74, 6) is 0.149. The fraction of sp³-hybridized carbons (Fsp3) is 0.533. The van der Waals surface area contributed by atoms with Crippen molar-refractivity contribution in [3.05, 3.63) is 29.3 Å². The first kappa shape index (κ1) is 13.9. The largest absolute Gasteiger partial charge is 0.384 e. The van der Waals surface area contributed by atoms with Gasteiger partial charge in [-0.15, -0.1) is 0 Å². The smallest absolute Gasteiger partial charge is 0.124 e. The summed E-state index contributed by atoms with van der Waals surface area (Å²) in [4.78, 5) is 4.75. The summed E-state index contributed by atoms with van der Waals surface area (Å²) >= 11 is 0. The average molecular weight is 260 g/mol. The van der Waals surface area contributed by atoms with Gasteiger partial charge < -0.3 is 10.6 Å². The van der Waals surface area contributed by atoms with Gasteiger partial charge in [0.1, 0.15) is 5.84 Å². The first-order valence-electron chi connectivity index (χ1n) is 6.73. The highest BCUT2D eigenvalue weighted by Crippen LogP contribution is 2.29. The number of likely N-dealkylation sites (N-methyl/N-ethyl adjacent to an activating group) is 1. The number of hydrogen-bond acceptors (Lipinski definition) is 3. The van der Waals surface area contributed by atoms with E-state index in [1.165, 1.54) is 5.56 Å². The van der Waals surface area contributed by atoms with Crippen LogP contribution in [-0.4, -0.2) is 43.0 Å². The van der Waals surface area contributed by atoms with Crippen LogP contribution in [0.1, 0.15) is 25.0 Å². The summed E-state index contributed by atoms with van der Waals surface area (Å²) in [5.41, 5.74) is 9.02. The number of nitrogens with one attached hydrogen (secondary N) is 1. The Kier molecular flexibility index (Phi) is 3.54. The lowest BCUT2D eigenvalue weighted by atomic mass is 9.97. The van der Waals surface area contributed by atoms with E-state index in [1.807, 2.05) is 12.1 Å². The van der Waals surface area contributed by atoms with Crippen molar-refractivity contribution in [1.29, 1.82) is 5.41 Å². The summed E-state index contributed by atoms with van der Waals surface area (Å²) in [5, 5.41) is 7.77. The topological polar surface area (TPSA) is 56.4 Å². The molecule has 0 atom stereocenters. The number of benzene rings is 1. The summed E-state index contributed by atoms with van der Waals surface area (Å²) in [6.45, 7) is 9.56. The molecule has 1 aliphatic rings. The van der Waals surface area contributed by atoms with Gasteiger partial charge in [0.2, 0.25) is 0 Å². The molecule has 1 aliphatic heterocycles. The van der Waals surface area contributed by atoms with Gasteiger partial charge in [-0.25, -0.2) is 0 Å². The number of nitrogens with zero attached hydrogens (tertiary/aromatic N) is 2. The maximum absolute atomic E-state index is 7.77. The molecule has 19 heavy (non-hydrogen) atoms. The second-order valence-corrected chi connectivity index (χ2v) is 6.04. The first-order valence-corrected chi connectivity index (χ1v) is 6.73. The van der Waals surface area contributed by atoms with Crippen molar-refractivity contribution >= 4 is 11.5 Å². The molecule has 0 aliphatic carbocycles. The highest BCUT2D eigenvalue weighted by atomic mass is 15.3. The molecule has 0 saturated carbocycles. The zero-order valence-electron chi connectivity index (χ0n) is 12.3. The molecule has 4 nitrogen and oxygen atoms in total. The van der Waals surface area contributed by atoms with Gasteiger partial charge >= 0.3 is 0 Å². The van der Waals surface area contributed by atoms with Crippen molar-refractivity contribution in [2.24, 2.45) is 5.73 Å². The fourth-order valence-electron chi connectivity index (χ4n) is 2.73. The Bertz CT molecular complexity index is 493. The Labute approximate surface area is 115 Å². The minimum atomic E-state index is 0.134. The van der Waals surface area contributed by atoms with Crippen LogP contribution in [0.15, 0.2) is 18.2 Å². The number of para-hydroxylation sites is 1. The lowest BCUT2D eigenvalue weighted by Gasteiger charge is -2.47. The standard InChI is InChI=1S/C15H24N4/c1-11-6-5-7-12(14(16)17)13(11)19-9-8-18(4)15(2,3)10-19/h5-7H,8-10H2,1-4H3,(H3,16,17). The number of nitrogen functional groups attached to an aromatic ring is 1. The molecule has 1 heterocycles. The van der Waals surface area contributed by atoms with Crippen LogP contribution in [0.3, 0.4) is 0 Å². The van der Waals surface area contributed by atoms with Crippen molar-refractivity contribution in [1.82, 2.24) is 4.90 Å². The van der Waals surface area contributed by atoms with Crippen LogP contribution in [0.5, 0.6) is 0 Å².